The highest BCUT2D eigenvalue weighted by Gasteiger charge is 2.32. The molecule has 1 aliphatic rings. The maximum absolute atomic E-state index is 12.3. The van der Waals surface area contributed by atoms with Gasteiger partial charge in [-0.1, -0.05) is 0 Å². The normalized spacial score (nSPS) is 15.0. The lowest BCUT2D eigenvalue weighted by molar-refractivity contribution is -0.197. The van der Waals surface area contributed by atoms with Gasteiger partial charge in [-0.3, -0.25) is 24.1 Å². The smallest absolute Gasteiger partial charge is 0.334 e. The van der Waals surface area contributed by atoms with Crippen molar-refractivity contribution in [1.82, 2.24) is 20.6 Å². The van der Waals surface area contributed by atoms with Gasteiger partial charge in [0.15, 0.2) is 0 Å². The summed E-state index contributed by atoms with van der Waals surface area (Å²) in [6.45, 7) is 2.07. The molecule has 0 aromatic heterocycles. The first kappa shape index (κ1) is 22.6. The number of nitrogens with zero attached hydrogens (tertiary/aromatic N) is 2. The fourth-order valence-electron chi connectivity index (χ4n) is 2.56. The van der Waals surface area contributed by atoms with E-state index in [1.807, 2.05) is 0 Å². The van der Waals surface area contributed by atoms with E-state index in [0.717, 1.165) is 12.8 Å². The van der Waals surface area contributed by atoms with Gasteiger partial charge < -0.3 is 15.5 Å². The number of hydrogen-bond acceptors (Lipinski definition) is 7. The quantitative estimate of drug-likeness (QED) is 0.208. The van der Waals surface area contributed by atoms with Crippen LogP contribution in [-0.2, 0) is 28.8 Å². The van der Waals surface area contributed by atoms with E-state index >= 15 is 0 Å². The van der Waals surface area contributed by atoms with Crippen molar-refractivity contribution < 1.29 is 28.8 Å². The summed E-state index contributed by atoms with van der Waals surface area (Å²) < 4.78 is 0. The van der Waals surface area contributed by atoms with Gasteiger partial charge in [-0.25, -0.2) is 4.79 Å². The van der Waals surface area contributed by atoms with Gasteiger partial charge in [-0.05, 0) is 33.4 Å². The van der Waals surface area contributed by atoms with Gasteiger partial charge in [0.1, 0.15) is 0 Å². The first-order valence-corrected chi connectivity index (χ1v) is 8.97. The molecule has 1 unspecified atom stereocenters. The van der Waals surface area contributed by atoms with E-state index in [1.54, 1.807) is 19.0 Å². The Bertz CT molecular complexity index is 562. The summed E-state index contributed by atoms with van der Waals surface area (Å²) >= 11 is 0. The Hall–Kier alpha value is -2.49. The first-order chi connectivity index (χ1) is 12.7. The molecule has 0 spiro atoms. The van der Waals surface area contributed by atoms with Crippen LogP contribution in [0.1, 0.15) is 45.4 Å². The van der Waals surface area contributed by atoms with Gasteiger partial charge >= 0.3 is 5.97 Å². The fourth-order valence-corrected chi connectivity index (χ4v) is 2.56. The number of unbranched alkanes of at least 4 members (excludes halogenated alkanes) is 1. The highest BCUT2D eigenvalue weighted by Crippen LogP contribution is 2.12. The largest absolute Gasteiger partial charge is 0.356 e. The number of likely N-dealkylation sites (N-methyl/N-ethyl adjacent to an activating group) is 1. The number of hydrogen-bond donors (Lipinski definition) is 2. The molecule has 10 heteroatoms. The molecule has 1 heterocycles. The van der Waals surface area contributed by atoms with Crippen LogP contribution in [0.15, 0.2) is 0 Å². The van der Waals surface area contributed by atoms with Crippen LogP contribution in [0, 0.1) is 0 Å². The Kier molecular flexibility index (Phi) is 9.41. The average molecular weight is 388 g/mol. The summed E-state index contributed by atoms with van der Waals surface area (Å²) in [6, 6.07) is -0.361. The van der Waals surface area contributed by atoms with E-state index < -0.39 is 17.8 Å². The number of amides is 4. The number of carbonyl (C=O) groups is 5. The molecule has 2 N–H and O–H groups in total. The molecule has 1 rings (SSSR count). The minimum absolute atomic E-state index is 0.0370. The second kappa shape index (κ2) is 11.3. The second-order valence-corrected chi connectivity index (χ2v) is 6.54. The van der Waals surface area contributed by atoms with Crippen LogP contribution < -0.4 is 10.6 Å². The topological polar surface area (TPSA) is 125 Å². The average Bonchev–Trinajstić information content (AvgIpc) is 2.89. The number of hydroxylamine groups is 2. The lowest BCUT2D eigenvalue weighted by Gasteiger charge is -2.23. The number of carbonyl (C=O) groups excluding carboxylic acids is 5. The third-order valence-electron chi connectivity index (χ3n) is 4.03. The number of nitrogens with one attached hydrogen (secondary N) is 2. The van der Waals surface area contributed by atoms with E-state index in [4.69, 9.17) is 4.84 Å². The van der Waals surface area contributed by atoms with Crippen LogP contribution in [0.3, 0.4) is 0 Å². The van der Waals surface area contributed by atoms with Crippen molar-refractivity contribution in [2.45, 2.75) is 51.5 Å². The predicted molar refractivity (Wildman–Crippen MR) is 94.8 cm³/mol. The van der Waals surface area contributed by atoms with Crippen LogP contribution in [0.5, 0.6) is 0 Å². The molecule has 10 nitrogen and oxygen atoms in total. The van der Waals surface area contributed by atoms with Crippen molar-refractivity contribution in [2.75, 3.05) is 27.2 Å². The molecular formula is C17H28N4O6. The fraction of sp³-hybridized carbons (Fsp3) is 0.706. The minimum Gasteiger partial charge on any atom is -0.356 e. The molecule has 0 aromatic carbocycles. The Morgan fingerprint density at radius 2 is 1.70 bits per heavy atom. The first-order valence-electron chi connectivity index (χ1n) is 8.97. The zero-order valence-corrected chi connectivity index (χ0v) is 16.1. The summed E-state index contributed by atoms with van der Waals surface area (Å²) in [6.07, 6.45) is 2.06. The SMILES string of the molecule is CC(=O)NCCCCC(C(=O)[15NH][13CH2]CC(=O)ON1C(=O)CCC1=O)N([13CH3])[13CH3]. The highest BCUT2D eigenvalue weighted by atomic mass is 16.7. The lowest BCUT2D eigenvalue weighted by Crippen LogP contribution is -2.44. The third-order valence-corrected chi connectivity index (χ3v) is 4.03. The summed E-state index contributed by atoms with van der Waals surface area (Å²) in [7, 11) is 3.58. The molecule has 1 saturated heterocycles. The maximum Gasteiger partial charge on any atom is 0.334 e. The summed E-state index contributed by atoms with van der Waals surface area (Å²) in [5.41, 5.74) is 0. The number of imide groups is 1. The van der Waals surface area contributed by atoms with Gasteiger partial charge in [-0.15, -0.1) is 5.06 Å². The van der Waals surface area contributed by atoms with Crippen molar-refractivity contribution in [2.24, 2.45) is 0 Å². The zero-order chi connectivity index (χ0) is 20.4. The van der Waals surface area contributed by atoms with Crippen LogP contribution >= 0.6 is 0 Å². The van der Waals surface area contributed by atoms with Crippen LogP contribution in [0.25, 0.3) is 0 Å². The predicted octanol–water partition coefficient (Wildman–Crippen LogP) is -0.663. The Balaban J connectivity index is 2.30. The van der Waals surface area contributed by atoms with Crippen LogP contribution in [-0.4, -0.2) is 72.8 Å². The Labute approximate surface area is 158 Å². The monoisotopic (exact) mass is 388 g/mol. The Morgan fingerprint density at radius 3 is 2.26 bits per heavy atom. The molecule has 0 bridgehead atoms. The summed E-state index contributed by atoms with van der Waals surface area (Å²) in [4.78, 5) is 64.1. The molecule has 0 radical (unpaired) electrons. The van der Waals surface area contributed by atoms with Gasteiger partial charge in [0, 0.05) is 32.9 Å². The molecule has 0 aromatic rings. The molecule has 0 saturated carbocycles. The molecule has 1 fully saturated rings. The van der Waals surface area contributed by atoms with E-state index in [2.05, 4.69) is 10.6 Å². The molecule has 0 aliphatic carbocycles. The van der Waals surface area contributed by atoms with Crippen LogP contribution in [0.2, 0.25) is 0 Å². The van der Waals surface area contributed by atoms with Crippen LogP contribution in [0.4, 0.5) is 0 Å². The van der Waals surface area contributed by atoms with Crippen molar-refractivity contribution in [3.05, 3.63) is 0 Å². The maximum atomic E-state index is 12.3. The van der Waals surface area contributed by atoms with E-state index in [1.165, 1.54) is 6.92 Å². The third kappa shape index (κ3) is 8.16. The van der Waals surface area contributed by atoms with Gasteiger partial charge in [-0.2, -0.15) is 0 Å². The highest BCUT2D eigenvalue weighted by molar-refractivity contribution is 6.01. The van der Waals surface area contributed by atoms with Gasteiger partial charge in [0.25, 0.3) is 11.8 Å². The van der Waals surface area contributed by atoms with Gasteiger partial charge in [0.2, 0.25) is 11.8 Å². The molecular weight excluding hydrogens is 360 g/mol. The molecule has 1 atom stereocenters. The molecule has 1 aliphatic heterocycles. The minimum atomic E-state index is -0.754. The summed E-state index contributed by atoms with van der Waals surface area (Å²) in [5.74, 6) is -2.13. The lowest BCUT2D eigenvalue weighted by atomic mass is 10.1. The van der Waals surface area contributed by atoms with E-state index in [9.17, 15) is 24.0 Å². The van der Waals surface area contributed by atoms with Crippen molar-refractivity contribution in [3.8, 4) is 0 Å². The van der Waals surface area contributed by atoms with Crippen molar-refractivity contribution >= 4 is 29.6 Å². The van der Waals surface area contributed by atoms with Crippen molar-refractivity contribution in [3.63, 3.8) is 0 Å². The molecule has 4 amide bonds. The summed E-state index contributed by atoms with van der Waals surface area (Å²) in [5, 5.41) is 5.85. The molecule has 27 heavy (non-hydrogen) atoms. The Morgan fingerprint density at radius 1 is 1.07 bits per heavy atom. The van der Waals surface area contributed by atoms with Gasteiger partial charge in [0.05, 0.1) is 12.5 Å². The standard InChI is InChI=1S/C17H28N4O6/c1-12(22)18-10-5-4-6-13(20(2)3)17(26)19-11-9-16(25)27-21-14(23)7-8-15(21)24/h13H,4-11H2,1-3H3,(H,18,22)(H,19,26)/i2+1,3+1,11+1,19+1. The van der Waals surface area contributed by atoms with Crippen molar-refractivity contribution in [1.29, 1.82) is 0 Å². The van der Waals surface area contributed by atoms with E-state index in [0.29, 0.717) is 18.0 Å². The molecule has 152 valence electrons. The number of rotatable bonds is 11. The van der Waals surface area contributed by atoms with E-state index in [-0.39, 0.29) is 43.7 Å². The zero-order valence-electron chi connectivity index (χ0n) is 16.1. The second-order valence-electron chi connectivity index (χ2n) is 6.54.